The predicted octanol–water partition coefficient (Wildman–Crippen LogP) is 7.25. The van der Waals surface area contributed by atoms with Gasteiger partial charge >= 0.3 is 0 Å². The van der Waals surface area contributed by atoms with Crippen molar-refractivity contribution >= 4 is 0 Å². The average molecular weight is 293 g/mol. The van der Waals surface area contributed by atoms with Gasteiger partial charge < -0.3 is 0 Å². The molecule has 1 aliphatic carbocycles. The molecule has 0 aromatic rings. The monoisotopic (exact) mass is 292 g/mol. The van der Waals surface area contributed by atoms with Crippen LogP contribution in [0.2, 0.25) is 0 Å². The highest BCUT2D eigenvalue weighted by Gasteiger charge is 2.33. The smallest absolute Gasteiger partial charge is 0.0319 e. The lowest BCUT2D eigenvalue weighted by Crippen LogP contribution is -2.31. The Morgan fingerprint density at radius 2 is 1.71 bits per heavy atom. The van der Waals surface area contributed by atoms with Crippen LogP contribution >= 0.6 is 0 Å². The normalized spacial score (nSPS) is 26.5. The molecule has 0 aromatic carbocycles. The molecule has 124 valence electrons. The van der Waals surface area contributed by atoms with Crippen molar-refractivity contribution in [1.29, 1.82) is 0 Å². The minimum absolute atomic E-state index is 0.880. The average Bonchev–Trinajstić information content (AvgIpc) is 2.46. The van der Waals surface area contributed by atoms with E-state index in [1.165, 1.54) is 57.8 Å². The Bertz CT molecular complexity index is 278. The van der Waals surface area contributed by atoms with Gasteiger partial charge in [-0.05, 0) is 61.7 Å². The van der Waals surface area contributed by atoms with Crippen LogP contribution in [0.4, 0.5) is 0 Å². The highest BCUT2D eigenvalue weighted by molar-refractivity contribution is 4.92. The van der Waals surface area contributed by atoms with E-state index in [9.17, 15) is 0 Å². The second-order valence-corrected chi connectivity index (χ2v) is 7.77. The third-order valence-electron chi connectivity index (χ3n) is 6.23. The van der Waals surface area contributed by atoms with Gasteiger partial charge in [0.15, 0.2) is 0 Å². The number of hydrogen-bond donors (Lipinski definition) is 0. The lowest BCUT2D eigenvalue weighted by molar-refractivity contribution is 0.108. The molecule has 5 unspecified atom stereocenters. The number of rotatable bonds is 11. The van der Waals surface area contributed by atoms with Crippen molar-refractivity contribution in [2.75, 3.05) is 0 Å². The van der Waals surface area contributed by atoms with Crippen molar-refractivity contribution in [3.8, 4) is 0 Å². The molecular formula is C21H40. The molecule has 0 heteroatoms. The highest BCUT2D eigenvalue weighted by Crippen LogP contribution is 2.43. The molecule has 1 fully saturated rings. The second kappa shape index (κ2) is 10.5. The Labute approximate surface area is 134 Å². The van der Waals surface area contributed by atoms with E-state index in [-0.39, 0.29) is 0 Å². The van der Waals surface area contributed by atoms with E-state index in [1.54, 1.807) is 0 Å². The molecule has 1 rings (SSSR count). The molecule has 0 amide bonds. The molecule has 21 heavy (non-hydrogen) atoms. The van der Waals surface area contributed by atoms with Gasteiger partial charge in [0.1, 0.15) is 0 Å². The maximum atomic E-state index is 2.49. The zero-order valence-electron chi connectivity index (χ0n) is 15.4. The minimum atomic E-state index is 0.880. The quantitative estimate of drug-likeness (QED) is 0.352. The zero-order valence-corrected chi connectivity index (χ0v) is 15.4. The van der Waals surface area contributed by atoms with E-state index in [1.807, 2.05) is 0 Å². The van der Waals surface area contributed by atoms with Crippen molar-refractivity contribution in [2.24, 2.45) is 29.6 Å². The van der Waals surface area contributed by atoms with Gasteiger partial charge in [0, 0.05) is 0 Å². The Kier molecular flexibility index (Phi) is 9.36. The second-order valence-electron chi connectivity index (χ2n) is 7.77. The number of allylic oxidation sites excluding steroid dienone is 2. The van der Waals surface area contributed by atoms with Gasteiger partial charge in [0.25, 0.3) is 0 Å². The lowest BCUT2D eigenvalue weighted by atomic mass is 9.65. The fourth-order valence-corrected chi connectivity index (χ4v) is 3.81. The summed E-state index contributed by atoms with van der Waals surface area (Å²) in [4.78, 5) is 0. The van der Waals surface area contributed by atoms with E-state index in [0.29, 0.717) is 0 Å². The van der Waals surface area contributed by atoms with Gasteiger partial charge in [-0.1, -0.05) is 72.5 Å². The largest absolute Gasteiger partial charge is 0.0885 e. The van der Waals surface area contributed by atoms with Gasteiger partial charge in [0.05, 0.1) is 0 Å². The summed E-state index contributed by atoms with van der Waals surface area (Å²) in [6.07, 6.45) is 17.5. The molecule has 1 aliphatic rings. The summed E-state index contributed by atoms with van der Waals surface area (Å²) in [5.41, 5.74) is 0. The molecular weight excluding hydrogens is 252 g/mol. The Hall–Kier alpha value is -0.260. The van der Waals surface area contributed by atoms with Gasteiger partial charge in [-0.25, -0.2) is 0 Å². The SMILES string of the molecule is CCCCC(C)C1CCC1CC=CCCC(C)C(C)CC. The predicted molar refractivity (Wildman–Crippen MR) is 96.5 cm³/mol. The van der Waals surface area contributed by atoms with E-state index >= 15 is 0 Å². The fourth-order valence-electron chi connectivity index (χ4n) is 3.81. The first-order valence-electron chi connectivity index (χ1n) is 9.75. The minimum Gasteiger partial charge on any atom is -0.0885 e. The van der Waals surface area contributed by atoms with Crippen LogP contribution in [0.3, 0.4) is 0 Å². The first-order chi connectivity index (χ1) is 10.1. The summed E-state index contributed by atoms with van der Waals surface area (Å²) in [6.45, 7) is 11.9. The van der Waals surface area contributed by atoms with Crippen LogP contribution in [0.15, 0.2) is 12.2 Å². The maximum Gasteiger partial charge on any atom is -0.0319 e. The Morgan fingerprint density at radius 3 is 2.29 bits per heavy atom. The first kappa shape index (κ1) is 18.8. The molecule has 5 atom stereocenters. The van der Waals surface area contributed by atoms with Crippen molar-refractivity contribution in [3.63, 3.8) is 0 Å². The van der Waals surface area contributed by atoms with Crippen LogP contribution in [0.25, 0.3) is 0 Å². The van der Waals surface area contributed by atoms with Crippen LogP contribution in [-0.2, 0) is 0 Å². The fraction of sp³-hybridized carbons (Fsp3) is 0.905. The molecule has 0 N–H and O–H groups in total. The molecule has 0 aromatic heterocycles. The summed E-state index contributed by atoms with van der Waals surface area (Å²) in [7, 11) is 0. The molecule has 0 heterocycles. The van der Waals surface area contributed by atoms with Gasteiger partial charge in [0.2, 0.25) is 0 Å². The van der Waals surface area contributed by atoms with E-state index in [2.05, 4.69) is 46.8 Å². The summed E-state index contributed by atoms with van der Waals surface area (Å²) in [6, 6.07) is 0. The molecule has 0 radical (unpaired) electrons. The molecule has 0 saturated heterocycles. The lowest BCUT2D eigenvalue weighted by Gasteiger charge is -2.40. The van der Waals surface area contributed by atoms with Gasteiger partial charge in [-0.15, -0.1) is 0 Å². The van der Waals surface area contributed by atoms with Gasteiger partial charge in [-0.2, -0.15) is 0 Å². The van der Waals surface area contributed by atoms with E-state index in [4.69, 9.17) is 0 Å². The van der Waals surface area contributed by atoms with Crippen LogP contribution in [0.5, 0.6) is 0 Å². The molecule has 1 saturated carbocycles. The molecule has 0 bridgehead atoms. The van der Waals surface area contributed by atoms with Crippen molar-refractivity contribution in [2.45, 2.75) is 92.4 Å². The van der Waals surface area contributed by atoms with Crippen LogP contribution in [-0.4, -0.2) is 0 Å². The number of unbranched alkanes of at least 4 members (excludes halogenated alkanes) is 1. The zero-order chi connectivity index (χ0) is 15.7. The third kappa shape index (κ3) is 6.57. The summed E-state index contributed by atoms with van der Waals surface area (Å²) >= 11 is 0. The number of hydrogen-bond acceptors (Lipinski definition) is 0. The Balaban J connectivity index is 2.15. The van der Waals surface area contributed by atoms with Crippen molar-refractivity contribution < 1.29 is 0 Å². The van der Waals surface area contributed by atoms with Crippen molar-refractivity contribution in [1.82, 2.24) is 0 Å². The van der Waals surface area contributed by atoms with Crippen LogP contribution in [0, 0.1) is 29.6 Å². The summed E-state index contributed by atoms with van der Waals surface area (Å²) in [5.74, 6) is 4.75. The molecule has 0 nitrogen and oxygen atoms in total. The van der Waals surface area contributed by atoms with Gasteiger partial charge in [-0.3, -0.25) is 0 Å². The van der Waals surface area contributed by atoms with Crippen LogP contribution in [0.1, 0.15) is 92.4 Å². The summed E-state index contributed by atoms with van der Waals surface area (Å²) < 4.78 is 0. The van der Waals surface area contributed by atoms with E-state index in [0.717, 1.165) is 29.6 Å². The topological polar surface area (TPSA) is 0 Å². The van der Waals surface area contributed by atoms with E-state index < -0.39 is 0 Å². The third-order valence-corrected chi connectivity index (χ3v) is 6.23. The molecule has 0 aliphatic heterocycles. The van der Waals surface area contributed by atoms with Crippen LogP contribution < -0.4 is 0 Å². The maximum absolute atomic E-state index is 2.49. The standard InChI is InChI=1S/C21H40/c1-6-8-12-19(5)21-16-15-20(21)14-11-9-10-13-18(4)17(3)7-2/h9,11,17-21H,6-8,10,12-16H2,1-5H3. The molecule has 0 spiro atoms. The highest BCUT2D eigenvalue weighted by atomic mass is 14.4. The first-order valence-corrected chi connectivity index (χ1v) is 9.75. The summed E-state index contributed by atoms with van der Waals surface area (Å²) in [5, 5.41) is 0. The Morgan fingerprint density at radius 1 is 0.952 bits per heavy atom. The van der Waals surface area contributed by atoms with Crippen molar-refractivity contribution in [3.05, 3.63) is 12.2 Å².